The molecule has 26 heavy (non-hydrogen) atoms. The summed E-state index contributed by atoms with van der Waals surface area (Å²) in [5.41, 5.74) is 1.06. The summed E-state index contributed by atoms with van der Waals surface area (Å²) in [4.78, 5) is 16.4. The average molecular weight is 369 g/mol. The standard InChI is InChI=1S/C20H13F2NO2S/c1-25-19-13(21)11-10-12(18(19)22)20(24)23-14-6-2-4-8-16(14)26-17-9-5-3-7-15(17)23/h2-11H,1H3. The Bertz CT molecular complexity index is 977. The summed E-state index contributed by atoms with van der Waals surface area (Å²) in [7, 11) is 1.16. The molecule has 3 aromatic rings. The van der Waals surface area contributed by atoms with Crippen LogP contribution in [-0.2, 0) is 0 Å². The highest BCUT2D eigenvalue weighted by molar-refractivity contribution is 7.99. The number of halogens is 2. The molecule has 0 unspecified atom stereocenters. The first kappa shape index (κ1) is 16.6. The van der Waals surface area contributed by atoms with Gasteiger partial charge in [0.05, 0.1) is 24.0 Å². The molecule has 1 heterocycles. The summed E-state index contributed by atoms with van der Waals surface area (Å²) >= 11 is 1.54. The van der Waals surface area contributed by atoms with Crippen molar-refractivity contribution in [2.24, 2.45) is 0 Å². The van der Waals surface area contributed by atoms with Gasteiger partial charge in [0.1, 0.15) is 0 Å². The topological polar surface area (TPSA) is 29.5 Å². The Hall–Kier alpha value is -2.86. The van der Waals surface area contributed by atoms with Gasteiger partial charge in [-0.05, 0) is 36.4 Å². The molecule has 3 nitrogen and oxygen atoms in total. The SMILES string of the molecule is COc1c(F)ccc(C(=O)N2c3ccccc3Sc3ccccc32)c1F. The maximum Gasteiger partial charge on any atom is 0.266 e. The first-order valence-corrected chi connectivity index (χ1v) is 8.66. The Morgan fingerprint density at radius 1 is 0.923 bits per heavy atom. The molecule has 0 bridgehead atoms. The summed E-state index contributed by atoms with van der Waals surface area (Å²) in [6.45, 7) is 0. The molecule has 0 radical (unpaired) electrons. The number of hydrogen-bond donors (Lipinski definition) is 0. The van der Waals surface area contributed by atoms with Crippen LogP contribution in [0.2, 0.25) is 0 Å². The van der Waals surface area contributed by atoms with Crippen molar-refractivity contribution in [3.05, 3.63) is 77.9 Å². The van der Waals surface area contributed by atoms with Gasteiger partial charge in [-0.2, -0.15) is 0 Å². The van der Waals surface area contributed by atoms with E-state index in [4.69, 9.17) is 4.74 Å². The molecule has 0 atom stereocenters. The summed E-state index contributed by atoms with van der Waals surface area (Å²) in [5.74, 6) is -3.01. The number of nitrogens with zero attached hydrogens (tertiary/aromatic N) is 1. The average Bonchev–Trinajstić information content (AvgIpc) is 2.66. The highest BCUT2D eigenvalue weighted by Gasteiger charge is 2.31. The minimum absolute atomic E-state index is 0.250. The molecule has 0 saturated heterocycles. The number of amides is 1. The number of hydrogen-bond acceptors (Lipinski definition) is 3. The van der Waals surface area contributed by atoms with Crippen molar-refractivity contribution in [1.29, 1.82) is 0 Å². The minimum atomic E-state index is -1.01. The fraction of sp³-hybridized carbons (Fsp3) is 0.0500. The highest BCUT2D eigenvalue weighted by atomic mass is 32.2. The van der Waals surface area contributed by atoms with Crippen LogP contribution in [0, 0.1) is 11.6 Å². The molecule has 3 aromatic carbocycles. The molecule has 130 valence electrons. The first-order valence-electron chi connectivity index (χ1n) is 7.84. The molecular formula is C20H13F2NO2S. The smallest absolute Gasteiger partial charge is 0.266 e. The molecule has 1 aliphatic heterocycles. The predicted molar refractivity (Wildman–Crippen MR) is 96.4 cm³/mol. The lowest BCUT2D eigenvalue weighted by Gasteiger charge is -2.31. The Morgan fingerprint density at radius 3 is 2.08 bits per heavy atom. The van der Waals surface area contributed by atoms with Gasteiger partial charge in [-0.15, -0.1) is 0 Å². The number of methoxy groups -OCH3 is 1. The number of carbonyl (C=O) groups excluding carboxylic acids is 1. The monoisotopic (exact) mass is 369 g/mol. The number of benzene rings is 3. The Labute approximate surface area is 153 Å². The molecule has 6 heteroatoms. The molecule has 1 amide bonds. The van der Waals surface area contributed by atoms with Gasteiger partial charge in [-0.25, -0.2) is 8.78 Å². The largest absolute Gasteiger partial charge is 0.491 e. The second-order valence-corrected chi connectivity index (χ2v) is 6.70. The van der Waals surface area contributed by atoms with E-state index >= 15 is 0 Å². The van der Waals surface area contributed by atoms with E-state index in [9.17, 15) is 13.6 Å². The molecule has 0 aromatic heterocycles. The van der Waals surface area contributed by atoms with E-state index in [0.717, 1.165) is 29.0 Å². The zero-order valence-electron chi connectivity index (χ0n) is 13.7. The second kappa shape index (κ2) is 6.46. The molecule has 0 N–H and O–H groups in total. The maximum atomic E-state index is 14.7. The van der Waals surface area contributed by atoms with Crippen LogP contribution in [0.25, 0.3) is 0 Å². The summed E-state index contributed by atoms with van der Waals surface area (Å²) in [6, 6.07) is 17.0. The Kier molecular flexibility index (Phi) is 4.12. The summed E-state index contributed by atoms with van der Waals surface area (Å²) in [5, 5.41) is 0. The molecule has 0 spiro atoms. The van der Waals surface area contributed by atoms with Crippen molar-refractivity contribution in [1.82, 2.24) is 0 Å². The van der Waals surface area contributed by atoms with Gasteiger partial charge in [-0.3, -0.25) is 9.69 Å². The highest BCUT2D eigenvalue weighted by Crippen LogP contribution is 2.48. The van der Waals surface area contributed by atoms with Crippen LogP contribution in [0.5, 0.6) is 5.75 Å². The van der Waals surface area contributed by atoms with Gasteiger partial charge < -0.3 is 4.74 Å². The summed E-state index contributed by atoms with van der Waals surface area (Å²) < 4.78 is 33.2. The number of anilines is 2. The van der Waals surface area contributed by atoms with Crippen molar-refractivity contribution in [2.75, 3.05) is 12.0 Å². The lowest BCUT2D eigenvalue weighted by molar-refractivity contribution is 0.0993. The van der Waals surface area contributed by atoms with Crippen molar-refractivity contribution in [3.63, 3.8) is 0 Å². The molecule has 0 aliphatic carbocycles. The summed E-state index contributed by atoms with van der Waals surface area (Å²) in [6.07, 6.45) is 0. The predicted octanol–water partition coefficient (Wildman–Crippen LogP) is 5.42. The number of para-hydroxylation sites is 2. The van der Waals surface area contributed by atoms with Crippen LogP contribution in [0.1, 0.15) is 10.4 Å². The quantitative estimate of drug-likeness (QED) is 0.604. The van der Waals surface area contributed by atoms with Gasteiger partial charge >= 0.3 is 0 Å². The van der Waals surface area contributed by atoms with Crippen LogP contribution in [0.3, 0.4) is 0 Å². The van der Waals surface area contributed by atoms with Gasteiger partial charge in [-0.1, -0.05) is 36.0 Å². The van der Waals surface area contributed by atoms with Crippen molar-refractivity contribution < 1.29 is 18.3 Å². The van der Waals surface area contributed by atoms with Crippen molar-refractivity contribution in [2.45, 2.75) is 9.79 Å². The van der Waals surface area contributed by atoms with Crippen molar-refractivity contribution >= 4 is 29.0 Å². The van der Waals surface area contributed by atoms with E-state index < -0.39 is 23.3 Å². The number of fused-ring (bicyclic) bond motifs is 2. The number of ether oxygens (including phenoxy) is 1. The molecule has 1 aliphatic rings. The third-order valence-corrected chi connectivity index (χ3v) is 5.25. The van der Waals surface area contributed by atoms with Gasteiger partial charge in [0.15, 0.2) is 17.4 Å². The lowest BCUT2D eigenvalue weighted by Crippen LogP contribution is -2.29. The second-order valence-electron chi connectivity index (χ2n) is 5.62. The molecule has 4 rings (SSSR count). The Morgan fingerprint density at radius 2 is 1.50 bits per heavy atom. The van der Waals surface area contributed by atoms with E-state index in [1.165, 1.54) is 4.90 Å². The maximum absolute atomic E-state index is 14.7. The van der Waals surface area contributed by atoms with E-state index in [1.807, 2.05) is 36.4 Å². The van der Waals surface area contributed by atoms with Gasteiger partial charge in [0.25, 0.3) is 5.91 Å². The van der Waals surface area contributed by atoms with Crippen LogP contribution in [0.15, 0.2) is 70.5 Å². The lowest BCUT2D eigenvalue weighted by atomic mass is 10.1. The fourth-order valence-corrected chi connectivity index (χ4v) is 3.99. The van der Waals surface area contributed by atoms with Crippen LogP contribution in [-0.4, -0.2) is 13.0 Å². The molecular weight excluding hydrogens is 356 g/mol. The van der Waals surface area contributed by atoms with Crippen LogP contribution < -0.4 is 9.64 Å². The Balaban J connectivity index is 1.90. The fourth-order valence-electron chi connectivity index (χ4n) is 2.93. The van der Waals surface area contributed by atoms with E-state index in [-0.39, 0.29) is 5.56 Å². The van der Waals surface area contributed by atoms with E-state index in [2.05, 4.69) is 0 Å². The molecule has 0 saturated carbocycles. The van der Waals surface area contributed by atoms with Crippen LogP contribution >= 0.6 is 11.8 Å². The zero-order valence-corrected chi connectivity index (χ0v) is 14.5. The number of carbonyl (C=O) groups is 1. The third-order valence-electron chi connectivity index (χ3n) is 4.12. The number of rotatable bonds is 2. The van der Waals surface area contributed by atoms with Crippen LogP contribution in [0.4, 0.5) is 20.2 Å². The van der Waals surface area contributed by atoms with Crippen molar-refractivity contribution in [3.8, 4) is 5.75 Å². The first-order chi connectivity index (χ1) is 12.6. The minimum Gasteiger partial charge on any atom is -0.491 e. The zero-order chi connectivity index (χ0) is 18.3. The van der Waals surface area contributed by atoms with Gasteiger partial charge in [0.2, 0.25) is 0 Å². The molecule has 0 fully saturated rings. The third kappa shape index (κ3) is 2.54. The van der Waals surface area contributed by atoms with E-state index in [1.54, 1.807) is 23.9 Å². The van der Waals surface area contributed by atoms with Gasteiger partial charge in [0, 0.05) is 9.79 Å². The normalized spacial score (nSPS) is 12.3. The van der Waals surface area contributed by atoms with E-state index in [0.29, 0.717) is 11.4 Å².